The van der Waals surface area contributed by atoms with Gasteiger partial charge in [0.2, 0.25) is 0 Å². The Hall–Kier alpha value is -3.08. The van der Waals surface area contributed by atoms with Gasteiger partial charge in [0, 0.05) is 0 Å². The third kappa shape index (κ3) is 6.82. The molecule has 0 aromatic heterocycles. The number of fused-ring (bicyclic) bond motifs is 1. The van der Waals surface area contributed by atoms with E-state index >= 15 is 0 Å². The molecule has 2 aromatic carbocycles. The highest BCUT2D eigenvalue weighted by atomic mass is 16.6. The molecule has 5 nitrogen and oxygen atoms in total. The SMILES string of the molecule is CC(C)[C@@H]1CC[C@@H](C)C[C@H]1OC(=O)C1=C[C@@H](NC(=O)OC(C)(C)C)Cc2ccc(-c3ccccc3)cc21. The lowest BCUT2D eigenvalue weighted by molar-refractivity contribution is -0.148. The van der Waals surface area contributed by atoms with Crippen LogP contribution in [0.25, 0.3) is 16.7 Å². The monoisotopic (exact) mass is 503 g/mol. The van der Waals surface area contributed by atoms with E-state index in [2.05, 4.69) is 56.4 Å². The summed E-state index contributed by atoms with van der Waals surface area (Å²) in [5, 5.41) is 2.94. The van der Waals surface area contributed by atoms with Crippen molar-refractivity contribution >= 4 is 17.6 Å². The van der Waals surface area contributed by atoms with Crippen LogP contribution in [0, 0.1) is 17.8 Å². The number of amides is 1. The molecule has 4 rings (SSSR count). The van der Waals surface area contributed by atoms with Crippen molar-refractivity contribution in [1.29, 1.82) is 0 Å². The molecule has 0 spiro atoms. The minimum absolute atomic E-state index is 0.0999. The predicted octanol–water partition coefficient (Wildman–Crippen LogP) is 7.19. The molecule has 37 heavy (non-hydrogen) atoms. The molecule has 4 atom stereocenters. The van der Waals surface area contributed by atoms with E-state index in [1.54, 1.807) is 0 Å². The first-order valence-corrected chi connectivity index (χ1v) is 13.6. The van der Waals surface area contributed by atoms with Gasteiger partial charge in [-0.1, -0.05) is 69.7 Å². The van der Waals surface area contributed by atoms with E-state index in [1.807, 2.05) is 45.0 Å². The molecule has 1 N–H and O–H groups in total. The molecule has 0 radical (unpaired) electrons. The zero-order valence-electron chi connectivity index (χ0n) is 23.0. The van der Waals surface area contributed by atoms with Gasteiger partial charge in [0.1, 0.15) is 11.7 Å². The van der Waals surface area contributed by atoms with Crippen LogP contribution in [-0.2, 0) is 20.7 Å². The quantitative estimate of drug-likeness (QED) is 0.439. The van der Waals surface area contributed by atoms with E-state index in [0.717, 1.165) is 35.1 Å². The number of rotatable bonds is 5. The lowest BCUT2D eigenvalue weighted by Crippen LogP contribution is -2.41. The van der Waals surface area contributed by atoms with Crippen LogP contribution >= 0.6 is 0 Å². The number of hydrogen-bond donors (Lipinski definition) is 1. The molecule has 0 bridgehead atoms. The Bertz CT molecular complexity index is 1150. The van der Waals surface area contributed by atoms with E-state index < -0.39 is 11.7 Å². The zero-order valence-corrected chi connectivity index (χ0v) is 23.0. The number of carbonyl (C=O) groups is 2. The van der Waals surface area contributed by atoms with Crippen molar-refractivity contribution in [2.75, 3.05) is 0 Å². The molecule has 198 valence electrons. The molecule has 2 aliphatic carbocycles. The maximum absolute atomic E-state index is 13.8. The second kappa shape index (κ2) is 11.1. The van der Waals surface area contributed by atoms with Crippen molar-refractivity contribution in [3.8, 4) is 11.1 Å². The van der Waals surface area contributed by atoms with Crippen LogP contribution < -0.4 is 5.32 Å². The van der Waals surface area contributed by atoms with Gasteiger partial charge in [0.15, 0.2) is 0 Å². The fourth-order valence-corrected chi connectivity index (χ4v) is 5.58. The number of benzene rings is 2. The maximum Gasteiger partial charge on any atom is 0.408 e. The van der Waals surface area contributed by atoms with Crippen LogP contribution in [0.2, 0.25) is 0 Å². The van der Waals surface area contributed by atoms with Crippen molar-refractivity contribution in [1.82, 2.24) is 5.32 Å². The van der Waals surface area contributed by atoms with Crippen molar-refractivity contribution in [3.05, 3.63) is 65.7 Å². The van der Waals surface area contributed by atoms with Gasteiger partial charge in [-0.05, 0) is 92.2 Å². The van der Waals surface area contributed by atoms with Gasteiger partial charge in [0.05, 0.1) is 11.6 Å². The Kier molecular flexibility index (Phi) is 8.11. The first kappa shape index (κ1) is 27.0. The largest absolute Gasteiger partial charge is 0.458 e. The van der Waals surface area contributed by atoms with Crippen LogP contribution in [0.4, 0.5) is 4.79 Å². The molecule has 2 aromatic rings. The van der Waals surface area contributed by atoms with E-state index in [-0.39, 0.29) is 18.1 Å². The molecule has 0 aliphatic heterocycles. The van der Waals surface area contributed by atoms with Gasteiger partial charge in [-0.25, -0.2) is 9.59 Å². The van der Waals surface area contributed by atoms with Crippen LogP contribution in [0.5, 0.6) is 0 Å². The summed E-state index contributed by atoms with van der Waals surface area (Å²) in [7, 11) is 0. The summed E-state index contributed by atoms with van der Waals surface area (Å²) in [5.74, 6) is 1.03. The second-order valence-corrected chi connectivity index (χ2v) is 12.0. The summed E-state index contributed by atoms with van der Waals surface area (Å²) in [6.07, 6.45) is 4.97. The standard InChI is InChI=1S/C32H41NO4/c1-20(2)26-15-12-21(3)16-29(26)36-30(34)28-19-25(33-31(35)37-32(4,5)6)17-24-14-13-23(18-27(24)28)22-10-8-7-9-11-22/h7-11,13-14,18-21,25-26,29H,12,15-17H2,1-6H3,(H,33,35)/t21-,25+,26+,29-/m1/s1. The van der Waals surface area contributed by atoms with Crippen LogP contribution in [-0.4, -0.2) is 29.8 Å². The molecule has 0 unspecified atom stereocenters. The lowest BCUT2D eigenvalue weighted by Gasteiger charge is -2.37. The third-order valence-corrected chi connectivity index (χ3v) is 7.46. The van der Waals surface area contributed by atoms with Crippen LogP contribution in [0.3, 0.4) is 0 Å². The van der Waals surface area contributed by atoms with Crippen molar-refractivity contribution in [3.63, 3.8) is 0 Å². The van der Waals surface area contributed by atoms with Gasteiger partial charge < -0.3 is 14.8 Å². The highest BCUT2D eigenvalue weighted by Gasteiger charge is 2.35. The summed E-state index contributed by atoms with van der Waals surface area (Å²) in [6.45, 7) is 12.2. The van der Waals surface area contributed by atoms with Crippen molar-refractivity contribution in [2.24, 2.45) is 17.8 Å². The van der Waals surface area contributed by atoms with Gasteiger partial charge in [-0.2, -0.15) is 0 Å². The van der Waals surface area contributed by atoms with Crippen molar-refractivity contribution < 1.29 is 19.1 Å². The minimum Gasteiger partial charge on any atom is -0.458 e. The molecule has 0 heterocycles. The highest BCUT2D eigenvalue weighted by Crippen LogP contribution is 2.38. The van der Waals surface area contributed by atoms with E-state index in [9.17, 15) is 9.59 Å². The average molecular weight is 504 g/mol. The van der Waals surface area contributed by atoms with Crippen LogP contribution in [0.15, 0.2) is 54.6 Å². The Morgan fingerprint density at radius 1 is 1.00 bits per heavy atom. The summed E-state index contributed by atoms with van der Waals surface area (Å²) in [6, 6.07) is 16.0. The summed E-state index contributed by atoms with van der Waals surface area (Å²) in [5.41, 5.74) is 3.93. The predicted molar refractivity (Wildman–Crippen MR) is 148 cm³/mol. The number of esters is 1. The lowest BCUT2D eigenvalue weighted by atomic mass is 9.75. The Labute approximate surface area is 221 Å². The van der Waals surface area contributed by atoms with Crippen molar-refractivity contribution in [2.45, 2.75) is 85.0 Å². The second-order valence-electron chi connectivity index (χ2n) is 12.0. The van der Waals surface area contributed by atoms with E-state index in [4.69, 9.17) is 9.47 Å². The average Bonchev–Trinajstić information content (AvgIpc) is 2.82. The fourth-order valence-electron chi connectivity index (χ4n) is 5.58. The maximum atomic E-state index is 13.8. The minimum atomic E-state index is -0.601. The molecule has 2 aliphatic rings. The summed E-state index contributed by atoms with van der Waals surface area (Å²) >= 11 is 0. The number of ether oxygens (including phenoxy) is 2. The van der Waals surface area contributed by atoms with Gasteiger partial charge in [0.25, 0.3) is 0 Å². The van der Waals surface area contributed by atoms with Gasteiger partial charge in [-0.15, -0.1) is 0 Å². The van der Waals surface area contributed by atoms with Crippen LogP contribution in [0.1, 0.15) is 71.9 Å². The number of alkyl carbamates (subject to hydrolysis) is 1. The topological polar surface area (TPSA) is 64.6 Å². The summed E-state index contributed by atoms with van der Waals surface area (Å²) in [4.78, 5) is 26.3. The Balaban J connectivity index is 1.65. The molecule has 0 saturated heterocycles. The Morgan fingerprint density at radius 2 is 1.73 bits per heavy atom. The number of hydrogen-bond acceptors (Lipinski definition) is 4. The number of carbonyl (C=O) groups excluding carboxylic acids is 2. The highest BCUT2D eigenvalue weighted by molar-refractivity contribution is 6.18. The normalized spacial score (nSPS) is 23.6. The fraction of sp³-hybridized carbons (Fsp3) is 0.500. The first-order chi connectivity index (χ1) is 17.5. The molecular formula is C32H41NO4. The van der Waals surface area contributed by atoms with Gasteiger partial charge >= 0.3 is 12.1 Å². The molecule has 1 amide bonds. The smallest absolute Gasteiger partial charge is 0.408 e. The third-order valence-electron chi connectivity index (χ3n) is 7.46. The van der Waals surface area contributed by atoms with E-state index in [1.165, 1.54) is 6.42 Å². The zero-order chi connectivity index (χ0) is 26.7. The molecule has 1 saturated carbocycles. The van der Waals surface area contributed by atoms with Gasteiger partial charge in [-0.3, -0.25) is 0 Å². The Morgan fingerprint density at radius 3 is 2.41 bits per heavy atom. The molecule has 5 heteroatoms. The molecule has 1 fully saturated rings. The summed E-state index contributed by atoms with van der Waals surface area (Å²) < 4.78 is 11.7. The molecular weight excluding hydrogens is 462 g/mol. The first-order valence-electron chi connectivity index (χ1n) is 13.6. The van der Waals surface area contributed by atoms with E-state index in [0.29, 0.717) is 29.7 Å². The number of nitrogens with one attached hydrogen (secondary N) is 1.